The van der Waals surface area contributed by atoms with E-state index in [1.165, 1.54) is 0 Å². The van der Waals surface area contributed by atoms with Gasteiger partial charge in [-0.3, -0.25) is 4.79 Å². The van der Waals surface area contributed by atoms with Gasteiger partial charge in [-0.15, -0.1) is 0 Å². The molecule has 13 heavy (non-hydrogen) atoms. The van der Waals surface area contributed by atoms with E-state index in [-0.39, 0.29) is 5.91 Å². The van der Waals surface area contributed by atoms with Crippen LogP contribution in [0.3, 0.4) is 0 Å². The zero-order chi connectivity index (χ0) is 9.26. The van der Waals surface area contributed by atoms with Gasteiger partial charge in [0.05, 0.1) is 6.54 Å². The van der Waals surface area contributed by atoms with Crippen molar-refractivity contribution in [2.24, 2.45) is 0 Å². The van der Waals surface area contributed by atoms with Crippen LogP contribution >= 0.6 is 0 Å². The Labute approximate surface area is 75.7 Å². The van der Waals surface area contributed by atoms with Gasteiger partial charge in [-0.25, -0.2) is 0 Å². The van der Waals surface area contributed by atoms with Gasteiger partial charge in [0.15, 0.2) is 0 Å². The lowest BCUT2D eigenvalue weighted by atomic mass is 10.1. The molecular formula is C9H10N2O2. The van der Waals surface area contributed by atoms with Gasteiger partial charge < -0.3 is 15.8 Å². The van der Waals surface area contributed by atoms with E-state index in [9.17, 15) is 4.79 Å². The highest BCUT2D eigenvalue weighted by Crippen LogP contribution is 2.25. The Bertz CT molecular complexity index is 349. The first-order valence-corrected chi connectivity index (χ1v) is 4.08. The first-order chi connectivity index (χ1) is 6.29. The highest BCUT2D eigenvalue weighted by atomic mass is 16.5. The van der Waals surface area contributed by atoms with E-state index in [1.807, 2.05) is 0 Å². The summed E-state index contributed by atoms with van der Waals surface area (Å²) in [6, 6.07) is 5.20. The molecule has 1 aromatic rings. The lowest BCUT2D eigenvalue weighted by Gasteiger charge is -2.06. The summed E-state index contributed by atoms with van der Waals surface area (Å²) in [7, 11) is 0. The molecule has 1 aromatic carbocycles. The fourth-order valence-electron chi connectivity index (χ4n) is 1.33. The smallest absolute Gasteiger partial charge is 0.257 e. The van der Waals surface area contributed by atoms with E-state index >= 15 is 0 Å². The van der Waals surface area contributed by atoms with Crippen LogP contribution in [0.15, 0.2) is 18.2 Å². The molecule has 0 saturated heterocycles. The average Bonchev–Trinajstić information content (AvgIpc) is 2.29. The maximum absolute atomic E-state index is 11.5. The number of carbonyl (C=O) groups excluding carboxylic acids is 1. The monoisotopic (exact) mass is 178 g/mol. The molecular weight excluding hydrogens is 168 g/mol. The molecule has 0 spiro atoms. The summed E-state index contributed by atoms with van der Waals surface area (Å²) >= 11 is 0. The topological polar surface area (TPSA) is 64.4 Å². The van der Waals surface area contributed by atoms with E-state index < -0.39 is 0 Å². The minimum Gasteiger partial charge on any atom is -0.491 e. The second kappa shape index (κ2) is 2.97. The molecule has 0 bridgehead atoms. The Morgan fingerprint density at radius 1 is 1.46 bits per heavy atom. The van der Waals surface area contributed by atoms with E-state index in [0.717, 1.165) is 0 Å². The highest BCUT2D eigenvalue weighted by Gasteiger charge is 2.18. The number of fused-ring (bicyclic) bond motifs is 1. The zero-order valence-electron chi connectivity index (χ0n) is 7.04. The van der Waals surface area contributed by atoms with Gasteiger partial charge in [-0.1, -0.05) is 6.07 Å². The first-order valence-electron chi connectivity index (χ1n) is 4.08. The van der Waals surface area contributed by atoms with Crippen molar-refractivity contribution in [2.75, 3.05) is 18.9 Å². The summed E-state index contributed by atoms with van der Waals surface area (Å²) in [6.45, 7) is 1.01. The van der Waals surface area contributed by atoms with Crippen molar-refractivity contribution < 1.29 is 9.53 Å². The SMILES string of the molecule is Nc1cccc2c1C(=O)NCCO2. The van der Waals surface area contributed by atoms with E-state index in [1.54, 1.807) is 18.2 Å². The lowest BCUT2D eigenvalue weighted by Crippen LogP contribution is -2.25. The summed E-state index contributed by atoms with van der Waals surface area (Å²) in [4.78, 5) is 11.5. The number of ether oxygens (including phenoxy) is 1. The standard InChI is InChI=1S/C9H10N2O2/c10-6-2-1-3-7-8(6)9(12)11-4-5-13-7/h1-3H,4-5,10H2,(H,11,12). The summed E-state index contributed by atoms with van der Waals surface area (Å²) in [5.74, 6) is 0.403. The van der Waals surface area contributed by atoms with Crippen LogP contribution in [0.4, 0.5) is 5.69 Å². The van der Waals surface area contributed by atoms with Crippen molar-refractivity contribution in [2.45, 2.75) is 0 Å². The molecule has 4 nitrogen and oxygen atoms in total. The molecule has 3 N–H and O–H groups in total. The Morgan fingerprint density at radius 2 is 2.31 bits per heavy atom. The molecule has 0 aliphatic carbocycles. The summed E-state index contributed by atoms with van der Waals surface area (Å²) < 4.78 is 5.34. The van der Waals surface area contributed by atoms with Crippen LogP contribution in [0.2, 0.25) is 0 Å². The van der Waals surface area contributed by atoms with Gasteiger partial charge in [-0.2, -0.15) is 0 Å². The van der Waals surface area contributed by atoms with E-state index in [2.05, 4.69) is 5.32 Å². The number of hydrogen-bond acceptors (Lipinski definition) is 3. The van der Waals surface area contributed by atoms with Gasteiger partial charge in [0, 0.05) is 5.69 Å². The minimum absolute atomic E-state index is 0.161. The van der Waals surface area contributed by atoms with Crippen LogP contribution in [0.25, 0.3) is 0 Å². The van der Waals surface area contributed by atoms with Crippen molar-refractivity contribution in [3.05, 3.63) is 23.8 Å². The number of hydrogen-bond donors (Lipinski definition) is 2. The molecule has 4 heteroatoms. The number of amides is 1. The van der Waals surface area contributed by atoms with Crippen LogP contribution in [0.5, 0.6) is 5.75 Å². The second-order valence-electron chi connectivity index (χ2n) is 2.82. The van der Waals surface area contributed by atoms with Crippen molar-refractivity contribution in [3.8, 4) is 5.75 Å². The maximum Gasteiger partial charge on any atom is 0.257 e. The normalized spacial score (nSPS) is 15.2. The Hall–Kier alpha value is -1.71. The molecule has 0 unspecified atom stereocenters. The quantitative estimate of drug-likeness (QED) is 0.565. The third kappa shape index (κ3) is 1.30. The number of benzene rings is 1. The Kier molecular flexibility index (Phi) is 1.81. The van der Waals surface area contributed by atoms with Crippen LogP contribution in [0.1, 0.15) is 10.4 Å². The highest BCUT2D eigenvalue weighted by molar-refractivity contribution is 6.02. The lowest BCUT2D eigenvalue weighted by molar-refractivity contribution is 0.0958. The molecule has 1 heterocycles. The Balaban J connectivity index is 2.55. The zero-order valence-corrected chi connectivity index (χ0v) is 7.04. The number of nitrogens with one attached hydrogen (secondary N) is 1. The average molecular weight is 178 g/mol. The number of rotatable bonds is 0. The molecule has 0 saturated carbocycles. The fourth-order valence-corrected chi connectivity index (χ4v) is 1.33. The minimum atomic E-state index is -0.161. The van der Waals surface area contributed by atoms with E-state index in [4.69, 9.17) is 10.5 Å². The maximum atomic E-state index is 11.5. The molecule has 0 radical (unpaired) electrons. The molecule has 68 valence electrons. The number of carbonyl (C=O) groups is 1. The van der Waals surface area contributed by atoms with Gasteiger partial charge in [0.2, 0.25) is 0 Å². The van der Waals surface area contributed by atoms with Gasteiger partial charge in [-0.05, 0) is 12.1 Å². The van der Waals surface area contributed by atoms with Crippen LogP contribution in [-0.4, -0.2) is 19.1 Å². The molecule has 2 rings (SSSR count). The number of nitrogen functional groups attached to an aromatic ring is 1. The van der Waals surface area contributed by atoms with Crippen LogP contribution < -0.4 is 15.8 Å². The third-order valence-corrected chi connectivity index (χ3v) is 1.93. The van der Waals surface area contributed by atoms with Crippen LogP contribution in [0, 0.1) is 0 Å². The molecule has 0 fully saturated rings. The van der Waals surface area contributed by atoms with Gasteiger partial charge >= 0.3 is 0 Å². The summed E-state index contributed by atoms with van der Waals surface area (Å²) in [5.41, 5.74) is 6.56. The van der Waals surface area contributed by atoms with Crippen molar-refractivity contribution in [1.29, 1.82) is 0 Å². The largest absolute Gasteiger partial charge is 0.491 e. The second-order valence-corrected chi connectivity index (χ2v) is 2.82. The predicted molar refractivity (Wildman–Crippen MR) is 48.7 cm³/mol. The Morgan fingerprint density at radius 3 is 3.15 bits per heavy atom. The summed E-state index contributed by atoms with van der Waals surface area (Å²) in [6.07, 6.45) is 0. The van der Waals surface area contributed by atoms with E-state index in [0.29, 0.717) is 30.2 Å². The first kappa shape index (κ1) is 7.91. The van der Waals surface area contributed by atoms with Crippen LogP contribution in [-0.2, 0) is 0 Å². The number of anilines is 1. The van der Waals surface area contributed by atoms with Crippen molar-refractivity contribution >= 4 is 11.6 Å². The number of nitrogens with two attached hydrogens (primary N) is 1. The van der Waals surface area contributed by atoms with Crippen molar-refractivity contribution in [1.82, 2.24) is 5.32 Å². The molecule has 1 aliphatic rings. The molecule has 1 aliphatic heterocycles. The van der Waals surface area contributed by atoms with Crippen molar-refractivity contribution in [3.63, 3.8) is 0 Å². The molecule has 1 amide bonds. The fraction of sp³-hybridized carbons (Fsp3) is 0.222. The molecule has 0 atom stereocenters. The van der Waals surface area contributed by atoms with Gasteiger partial charge in [0.25, 0.3) is 5.91 Å². The molecule has 0 aromatic heterocycles. The van der Waals surface area contributed by atoms with Gasteiger partial charge in [0.1, 0.15) is 17.9 Å². The predicted octanol–water partition coefficient (Wildman–Crippen LogP) is 0.391. The third-order valence-electron chi connectivity index (χ3n) is 1.93. The summed E-state index contributed by atoms with van der Waals surface area (Å²) in [5, 5.41) is 2.70.